The van der Waals surface area contributed by atoms with E-state index in [4.69, 9.17) is 11.6 Å². The zero-order valence-corrected chi connectivity index (χ0v) is 17.7. The van der Waals surface area contributed by atoms with E-state index in [9.17, 15) is 4.79 Å². The Morgan fingerprint density at radius 2 is 1.87 bits per heavy atom. The van der Waals surface area contributed by atoms with Crippen molar-refractivity contribution in [3.8, 4) is 11.4 Å². The van der Waals surface area contributed by atoms with Crippen molar-refractivity contribution in [3.63, 3.8) is 0 Å². The fourth-order valence-corrected chi connectivity index (χ4v) is 3.51. The van der Waals surface area contributed by atoms with Gasteiger partial charge in [0, 0.05) is 12.1 Å². The Bertz CT molecular complexity index is 1170. The molecule has 0 aliphatic rings. The molecule has 0 radical (unpaired) electrons. The number of aromatic nitrogens is 5. The Hall–Kier alpha value is -3.45. The van der Waals surface area contributed by atoms with Crippen molar-refractivity contribution in [2.24, 2.45) is 0 Å². The minimum Gasteiger partial charge on any atom is -0.335 e. The number of nitrogens with zero attached hydrogens (tertiary/aromatic N) is 6. The molecule has 0 bridgehead atoms. The van der Waals surface area contributed by atoms with E-state index >= 15 is 0 Å². The first-order valence-electron chi connectivity index (χ1n) is 9.48. The first-order chi connectivity index (χ1) is 14.5. The van der Waals surface area contributed by atoms with Gasteiger partial charge >= 0.3 is 0 Å². The highest BCUT2D eigenvalue weighted by Crippen LogP contribution is 2.24. The average Bonchev–Trinajstić information content (AvgIpc) is 3.42. The van der Waals surface area contributed by atoms with Crippen LogP contribution in [0.15, 0.2) is 67.4 Å². The summed E-state index contributed by atoms with van der Waals surface area (Å²) in [5, 5.41) is 9.15. The van der Waals surface area contributed by atoms with Crippen molar-refractivity contribution in [1.29, 1.82) is 0 Å². The smallest absolute Gasteiger partial charge is 0.257 e. The Morgan fingerprint density at radius 1 is 1.10 bits per heavy atom. The summed E-state index contributed by atoms with van der Waals surface area (Å²) in [5.41, 5.74) is 4.08. The number of carbonyl (C=O) groups is 1. The van der Waals surface area contributed by atoms with Crippen molar-refractivity contribution in [2.45, 2.75) is 19.9 Å². The minimum absolute atomic E-state index is 0.0892. The van der Waals surface area contributed by atoms with Crippen LogP contribution in [0.25, 0.3) is 11.4 Å². The van der Waals surface area contributed by atoms with Crippen LogP contribution in [-0.4, -0.2) is 42.4 Å². The first kappa shape index (κ1) is 19.8. The second-order valence-corrected chi connectivity index (χ2v) is 7.50. The summed E-state index contributed by atoms with van der Waals surface area (Å²) in [5.74, 6) is -0.0892. The van der Waals surface area contributed by atoms with Crippen LogP contribution in [0, 0.1) is 6.92 Å². The van der Waals surface area contributed by atoms with Gasteiger partial charge in [0.2, 0.25) is 0 Å². The molecule has 0 fully saturated rings. The lowest BCUT2D eigenvalue weighted by atomic mass is 10.1. The number of hydrogen-bond acceptors (Lipinski definition) is 4. The number of amides is 1. The zero-order chi connectivity index (χ0) is 21.3. The maximum Gasteiger partial charge on any atom is 0.257 e. The summed E-state index contributed by atoms with van der Waals surface area (Å²) >= 11 is 6.09. The van der Waals surface area contributed by atoms with Gasteiger partial charge in [-0.15, -0.1) is 0 Å². The predicted molar refractivity (Wildman–Crippen MR) is 115 cm³/mol. The molecule has 2 aromatic carbocycles. The molecule has 0 saturated carbocycles. The van der Waals surface area contributed by atoms with E-state index in [0.717, 1.165) is 22.6 Å². The highest BCUT2D eigenvalue weighted by Gasteiger charge is 2.23. The Kier molecular flexibility index (Phi) is 5.37. The van der Waals surface area contributed by atoms with E-state index in [2.05, 4.69) is 15.2 Å². The highest BCUT2D eigenvalue weighted by molar-refractivity contribution is 6.30. The van der Waals surface area contributed by atoms with Crippen molar-refractivity contribution in [2.75, 3.05) is 7.05 Å². The topological polar surface area (TPSA) is 68.8 Å². The van der Waals surface area contributed by atoms with Gasteiger partial charge in [0.25, 0.3) is 5.91 Å². The van der Waals surface area contributed by atoms with Crippen LogP contribution in [0.4, 0.5) is 0 Å². The number of hydrogen-bond donors (Lipinski definition) is 0. The lowest BCUT2D eigenvalue weighted by molar-refractivity contribution is 0.0742. The van der Waals surface area contributed by atoms with Crippen LogP contribution in [0.1, 0.15) is 34.6 Å². The molecule has 0 N–H and O–H groups in total. The highest BCUT2D eigenvalue weighted by atomic mass is 35.5. The van der Waals surface area contributed by atoms with Gasteiger partial charge < -0.3 is 4.90 Å². The van der Waals surface area contributed by atoms with Crippen LogP contribution in [0.5, 0.6) is 0 Å². The summed E-state index contributed by atoms with van der Waals surface area (Å²) in [4.78, 5) is 18.9. The van der Waals surface area contributed by atoms with Gasteiger partial charge in [0.1, 0.15) is 12.7 Å². The predicted octanol–water partition coefficient (Wildman–Crippen LogP) is 4.25. The summed E-state index contributed by atoms with van der Waals surface area (Å²) in [6.07, 6.45) is 4.75. The fourth-order valence-electron chi connectivity index (χ4n) is 3.32. The van der Waals surface area contributed by atoms with Crippen molar-refractivity contribution >= 4 is 17.5 Å². The first-order valence-corrected chi connectivity index (χ1v) is 9.86. The van der Waals surface area contributed by atoms with Crippen LogP contribution >= 0.6 is 11.6 Å². The van der Waals surface area contributed by atoms with E-state index in [1.54, 1.807) is 39.9 Å². The fraction of sp³-hybridized carbons (Fsp3) is 0.182. The van der Waals surface area contributed by atoms with Crippen molar-refractivity contribution in [1.82, 2.24) is 29.4 Å². The Labute approximate surface area is 179 Å². The molecule has 2 heterocycles. The van der Waals surface area contributed by atoms with Crippen LogP contribution in [0.3, 0.4) is 0 Å². The van der Waals surface area contributed by atoms with Crippen LogP contribution in [-0.2, 0) is 0 Å². The van der Waals surface area contributed by atoms with E-state index in [-0.39, 0.29) is 11.9 Å². The van der Waals surface area contributed by atoms with E-state index in [1.807, 2.05) is 56.3 Å². The minimum atomic E-state index is -0.115. The van der Waals surface area contributed by atoms with E-state index < -0.39 is 0 Å². The molecule has 152 valence electrons. The molecule has 8 heteroatoms. The Balaban J connectivity index is 1.55. The van der Waals surface area contributed by atoms with E-state index in [0.29, 0.717) is 10.6 Å². The Morgan fingerprint density at radius 3 is 2.53 bits per heavy atom. The molecular weight excluding hydrogens is 400 g/mol. The molecule has 0 aliphatic heterocycles. The largest absolute Gasteiger partial charge is 0.335 e. The normalized spacial score (nSPS) is 12.0. The van der Waals surface area contributed by atoms with Gasteiger partial charge in [0.05, 0.1) is 34.9 Å². The van der Waals surface area contributed by atoms with Crippen LogP contribution < -0.4 is 0 Å². The SMILES string of the molecule is Cc1c(C(=O)N(C)C(C)c2ccc(-n3cncn3)cc2)cnn1-c1cccc(Cl)c1. The maximum absolute atomic E-state index is 13.2. The third kappa shape index (κ3) is 3.71. The quantitative estimate of drug-likeness (QED) is 0.484. The molecule has 1 amide bonds. The molecule has 0 saturated heterocycles. The van der Waals surface area contributed by atoms with E-state index in [1.165, 1.54) is 6.33 Å². The molecule has 2 aromatic heterocycles. The number of benzene rings is 2. The maximum atomic E-state index is 13.2. The van der Waals surface area contributed by atoms with Gasteiger partial charge in [-0.05, 0) is 49.7 Å². The molecule has 4 aromatic rings. The second-order valence-electron chi connectivity index (χ2n) is 7.06. The van der Waals surface area contributed by atoms with Crippen molar-refractivity contribution in [3.05, 3.63) is 89.2 Å². The zero-order valence-electron chi connectivity index (χ0n) is 16.9. The molecule has 1 atom stereocenters. The standard InChI is InChI=1S/C22H21ClN6O/c1-15(17-7-9-19(10-8-17)28-14-24-13-26-28)27(3)22(30)21-12-25-29(16(21)2)20-6-4-5-18(23)11-20/h4-15H,1-3H3. The number of halogens is 1. The van der Waals surface area contributed by atoms with Gasteiger partial charge in [-0.2, -0.15) is 10.2 Å². The molecule has 1 unspecified atom stereocenters. The lowest BCUT2D eigenvalue weighted by Crippen LogP contribution is -2.30. The molecule has 7 nitrogen and oxygen atoms in total. The summed E-state index contributed by atoms with van der Waals surface area (Å²) in [6, 6.07) is 15.2. The summed E-state index contributed by atoms with van der Waals surface area (Å²) in [7, 11) is 1.80. The van der Waals surface area contributed by atoms with Gasteiger partial charge in [0.15, 0.2) is 0 Å². The van der Waals surface area contributed by atoms with Crippen LogP contribution in [0.2, 0.25) is 5.02 Å². The summed E-state index contributed by atoms with van der Waals surface area (Å²) in [6.45, 7) is 3.88. The van der Waals surface area contributed by atoms with Crippen molar-refractivity contribution < 1.29 is 4.79 Å². The van der Waals surface area contributed by atoms with Gasteiger partial charge in [-0.1, -0.05) is 29.8 Å². The van der Waals surface area contributed by atoms with Gasteiger partial charge in [-0.3, -0.25) is 4.79 Å². The number of rotatable bonds is 5. The molecule has 0 spiro atoms. The average molecular weight is 421 g/mol. The molecule has 0 aliphatic carbocycles. The van der Waals surface area contributed by atoms with Gasteiger partial charge in [-0.25, -0.2) is 14.3 Å². The molecular formula is C22H21ClN6O. The third-order valence-electron chi connectivity index (χ3n) is 5.25. The lowest BCUT2D eigenvalue weighted by Gasteiger charge is -2.25. The molecule has 4 rings (SSSR count). The third-order valence-corrected chi connectivity index (χ3v) is 5.49. The monoisotopic (exact) mass is 420 g/mol. The molecule has 30 heavy (non-hydrogen) atoms. The summed E-state index contributed by atoms with van der Waals surface area (Å²) < 4.78 is 3.42. The number of carbonyl (C=O) groups excluding carboxylic acids is 1. The second kappa shape index (κ2) is 8.12.